The number of rotatable bonds is 11. The normalized spacial score (nSPS) is 22.5. The van der Waals surface area contributed by atoms with Crippen molar-refractivity contribution in [3.8, 4) is 0 Å². The molecule has 20 heavy (non-hydrogen) atoms. The van der Waals surface area contributed by atoms with Crippen LogP contribution in [-0.4, -0.2) is 25.3 Å². The average molecular weight is 350 g/mol. The maximum absolute atomic E-state index is 5.89. The van der Waals surface area contributed by atoms with Gasteiger partial charge in [0.1, 0.15) is 0 Å². The fraction of sp³-hybridized carbons (Fsp3) is 1.00. The molecule has 1 saturated heterocycles. The molecule has 1 unspecified atom stereocenters. The molecule has 0 bridgehead atoms. The van der Waals surface area contributed by atoms with E-state index in [1.165, 1.54) is 70.6 Å². The van der Waals surface area contributed by atoms with Gasteiger partial charge in [0, 0.05) is 13.1 Å². The first-order valence-electron chi connectivity index (χ1n) is 8.61. The first-order chi connectivity index (χ1) is 9.27. The molecule has 0 aliphatic carbocycles. The summed E-state index contributed by atoms with van der Waals surface area (Å²) < 4.78 is 5.89. The number of hydrogen-bond donors (Lipinski definition) is 1. The van der Waals surface area contributed by atoms with Crippen molar-refractivity contribution in [1.82, 2.24) is 5.32 Å². The van der Waals surface area contributed by atoms with Crippen LogP contribution in [0, 0.1) is 0 Å². The Hall–Kier alpha value is 0.400. The average Bonchev–Trinajstić information content (AvgIpc) is 2.42. The number of unbranched alkanes of at least 4 members (excludes halogenated alkanes) is 9. The van der Waals surface area contributed by atoms with Crippen LogP contribution in [0.2, 0.25) is 0 Å². The van der Waals surface area contributed by atoms with Gasteiger partial charge in [0.2, 0.25) is 0 Å². The number of ether oxygens (including phenoxy) is 1. The number of morpholine rings is 1. The predicted molar refractivity (Wildman–Crippen MR) is 94.0 cm³/mol. The van der Waals surface area contributed by atoms with E-state index in [2.05, 4.69) is 19.2 Å². The van der Waals surface area contributed by atoms with E-state index in [1.54, 1.807) is 0 Å². The van der Waals surface area contributed by atoms with Gasteiger partial charge in [0.25, 0.3) is 0 Å². The first-order valence-corrected chi connectivity index (χ1v) is 8.61. The summed E-state index contributed by atoms with van der Waals surface area (Å²) >= 11 is 0. The molecule has 1 aliphatic heterocycles. The highest BCUT2D eigenvalue weighted by molar-refractivity contribution is 8.93. The van der Waals surface area contributed by atoms with Gasteiger partial charge in [0.15, 0.2) is 0 Å². The van der Waals surface area contributed by atoms with Gasteiger partial charge in [-0.1, -0.05) is 71.1 Å². The van der Waals surface area contributed by atoms with Crippen molar-refractivity contribution in [3.63, 3.8) is 0 Å². The van der Waals surface area contributed by atoms with Gasteiger partial charge in [-0.05, 0) is 13.3 Å². The Morgan fingerprint density at radius 2 is 1.45 bits per heavy atom. The van der Waals surface area contributed by atoms with Crippen LogP contribution in [0.3, 0.4) is 0 Å². The van der Waals surface area contributed by atoms with E-state index in [0.29, 0.717) is 0 Å². The standard InChI is InChI=1S/C17H35NO.BrH/c1-3-4-5-6-7-8-9-10-11-12-13-17(2)16-18-14-15-19-17;/h18H,3-16H2,1-2H3;1H. The molecule has 1 rings (SSSR count). The zero-order valence-electron chi connectivity index (χ0n) is 13.7. The topological polar surface area (TPSA) is 21.3 Å². The molecule has 1 N–H and O–H groups in total. The van der Waals surface area contributed by atoms with Crippen LogP contribution in [0.15, 0.2) is 0 Å². The van der Waals surface area contributed by atoms with Crippen LogP contribution < -0.4 is 5.32 Å². The van der Waals surface area contributed by atoms with Crippen molar-refractivity contribution in [3.05, 3.63) is 0 Å². The maximum atomic E-state index is 5.89. The molecular weight excluding hydrogens is 314 g/mol. The lowest BCUT2D eigenvalue weighted by atomic mass is 9.96. The largest absolute Gasteiger partial charge is 0.373 e. The van der Waals surface area contributed by atoms with E-state index in [9.17, 15) is 0 Å². The summed E-state index contributed by atoms with van der Waals surface area (Å²) in [4.78, 5) is 0. The van der Waals surface area contributed by atoms with Crippen molar-refractivity contribution in [2.45, 2.75) is 90.1 Å². The van der Waals surface area contributed by atoms with E-state index in [0.717, 1.165) is 19.7 Å². The van der Waals surface area contributed by atoms with Crippen LogP contribution in [0.4, 0.5) is 0 Å². The Morgan fingerprint density at radius 3 is 1.95 bits per heavy atom. The maximum Gasteiger partial charge on any atom is 0.0778 e. The second-order valence-electron chi connectivity index (χ2n) is 6.41. The van der Waals surface area contributed by atoms with Gasteiger partial charge >= 0.3 is 0 Å². The summed E-state index contributed by atoms with van der Waals surface area (Å²) in [6, 6.07) is 0. The van der Waals surface area contributed by atoms with Crippen molar-refractivity contribution in [2.24, 2.45) is 0 Å². The third-order valence-corrected chi connectivity index (χ3v) is 4.29. The Morgan fingerprint density at radius 1 is 0.900 bits per heavy atom. The number of nitrogens with one attached hydrogen (secondary N) is 1. The highest BCUT2D eigenvalue weighted by Gasteiger charge is 2.26. The van der Waals surface area contributed by atoms with Crippen molar-refractivity contribution in [2.75, 3.05) is 19.7 Å². The van der Waals surface area contributed by atoms with Gasteiger partial charge in [-0.2, -0.15) is 0 Å². The number of hydrogen-bond acceptors (Lipinski definition) is 2. The Balaban J connectivity index is 0.00000361. The quantitative estimate of drug-likeness (QED) is 0.514. The fourth-order valence-electron chi connectivity index (χ4n) is 2.92. The van der Waals surface area contributed by atoms with Crippen LogP contribution >= 0.6 is 17.0 Å². The highest BCUT2D eigenvalue weighted by Crippen LogP contribution is 2.21. The summed E-state index contributed by atoms with van der Waals surface area (Å²) in [5.41, 5.74) is 0.110. The molecule has 0 aromatic rings. The van der Waals surface area contributed by atoms with Crippen molar-refractivity contribution >= 4 is 17.0 Å². The molecule has 1 heterocycles. The SMILES string of the molecule is Br.CCCCCCCCCCCCC1(C)CNCCO1. The summed E-state index contributed by atoms with van der Waals surface area (Å²) in [6.07, 6.45) is 15.3. The molecule has 0 aromatic carbocycles. The molecule has 3 heteroatoms. The molecule has 0 aromatic heterocycles. The lowest BCUT2D eigenvalue weighted by Crippen LogP contribution is -2.47. The zero-order valence-corrected chi connectivity index (χ0v) is 15.4. The molecule has 2 nitrogen and oxygen atoms in total. The molecule has 122 valence electrons. The Bertz CT molecular complexity index is 205. The molecule has 0 spiro atoms. The predicted octanol–water partition coefficient (Wildman–Crippen LogP) is 5.25. The summed E-state index contributed by atoms with van der Waals surface area (Å²) in [5.74, 6) is 0. The highest BCUT2D eigenvalue weighted by atomic mass is 79.9. The minimum Gasteiger partial charge on any atom is -0.373 e. The fourth-order valence-corrected chi connectivity index (χ4v) is 2.92. The summed E-state index contributed by atoms with van der Waals surface area (Å²) in [6.45, 7) is 7.48. The third-order valence-electron chi connectivity index (χ3n) is 4.29. The number of halogens is 1. The first kappa shape index (κ1) is 20.4. The minimum absolute atomic E-state index is 0. The molecule has 0 saturated carbocycles. The molecule has 1 atom stereocenters. The molecule has 1 fully saturated rings. The van der Waals surface area contributed by atoms with E-state index < -0.39 is 0 Å². The van der Waals surface area contributed by atoms with Gasteiger partial charge in [0.05, 0.1) is 12.2 Å². The van der Waals surface area contributed by atoms with Gasteiger partial charge in [-0.3, -0.25) is 0 Å². The second kappa shape index (κ2) is 13.1. The molecule has 0 amide bonds. The Kier molecular flexibility index (Phi) is 13.4. The van der Waals surface area contributed by atoms with E-state index >= 15 is 0 Å². The Labute approximate surface area is 137 Å². The van der Waals surface area contributed by atoms with E-state index in [4.69, 9.17) is 4.74 Å². The zero-order chi connectivity index (χ0) is 13.8. The summed E-state index contributed by atoms with van der Waals surface area (Å²) in [5, 5.41) is 3.44. The van der Waals surface area contributed by atoms with Crippen molar-refractivity contribution in [1.29, 1.82) is 0 Å². The van der Waals surface area contributed by atoms with Crippen LogP contribution in [0.1, 0.15) is 84.5 Å². The van der Waals surface area contributed by atoms with Crippen LogP contribution in [-0.2, 0) is 4.74 Å². The second-order valence-corrected chi connectivity index (χ2v) is 6.41. The van der Waals surface area contributed by atoms with Gasteiger partial charge < -0.3 is 10.1 Å². The molecular formula is C17H36BrNO. The summed E-state index contributed by atoms with van der Waals surface area (Å²) in [7, 11) is 0. The van der Waals surface area contributed by atoms with E-state index in [-0.39, 0.29) is 22.6 Å². The molecule has 1 aliphatic rings. The van der Waals surface area contributed by atoms with Crippen molar-refractivity contribution < 1.29 is 4.74 Å². The lowest BCUT2D eigenvalue weighted by molar-refractivity contribution is -0.0589. The van der Waals surface area contributed by atoms with Gasteiger partial charge in [-0.15, -0.1) is 17.0 Å². The monoisotopic (exact) mass is 349 g/mol. The molecule has 0 radical (unpaired) electrons. The third kappa shape index (κ3) is 10.2. The smallest absolute Gasteiger partial charge is 0.0778 e. The lowest BCUT2D eigenvalue weighted by Gasteiger charge is -2.34. The van der Waals surface area contributed by atoms with E-state index in [1.807, 2.05) is 0 Å². The van der Waals surface area contributed by atoms with Crippen LogP contribution in [0.25, 0.3) is 0 Å². The van der Waals surface area contributed by atoms with Gasteiger partial charge in [-0.25, -0.2) is 0 Å². The van der Waals surface area contributed by atoms with Crippen LogP contribution in [0.5, 0.6) is 0 Å². The minimum atomic E-state index is 0.